The minimum absolute atomic E-state index is 0.285. The summed E-state index contributed by atoms with van der Waals surface area (Å²) in [6, 6.07) is 14.4. The van der Waals surface area contributed by atoms with Crippen LogP contribution in [0.3, 0.4) is 0 Å². The average molecular weight is 370 g/mol. The first kappa shape index (κ1) is 19.6. The third kappa shape index (κ3) is 5.37. The van der Waals surface area contributed by atoms with Crippen molar-refractivity contribution >= 4 is 29.2 Å². The number of ether oxygens (including phenoxy) is 2. The van der Waals surface area contributed by atoms with Crippen LogP contribution in [0.15, 0.2) is 42.5 Å². The van der Waals surface area contributed by atoms with Crippen LogP contribution in [0.2, 0.25) is 5.02 Å². The van der Waals surface area contributed by atoms with E-state index < -0.39 is 0 Å². The first-order chi connectivity index (χ1) is 12.6. The summed E-state index contributed by atoms with van der Waals surface area (Å²) >= 11 is 5.89. The van der Waals surface area contributed by atoms with Gasteiger partial charge in [0.25, 0.3) is 0 Å². The predicted octanol–water partition coefficient (Wildman–Crippen LogP) is 5.51. The van der Waals surface area contributed by atoms with Crippen LogP contribution in [0.1, 0.15) is 37.3 Å². The molecule has 0 N–H and O–H groups in total. The summed E-state index contributed by atoms with van der Waals surface area (Å²) in [6.45, 7) is 2.02. The lowest BCUT2D eigenvalue weighted by Crippen LogP contribution is -2.08. The first-order valence-corrected chi connectivity index (χ1v) is 8.71. The molecule has 4 nitrogen and oxygen atoms in total. The molecule has 2 rings (SSSR count). The number of allylic oxidation sites excluding steroid dienone is 1. The fourth-order valence-electron chi connectivity index (χ4n) is 2.33. The number of nitrogens with zero attached hydrogens (tertiary/aromatic N) is 1. The SMILES string of the molecule is CCCCC(=O)Oc1ccc(/C=C(\C#N)c2ccc(Cl)cc2)cc1OC. The van der Waals surface area contributed by atoms with Gasteiger partial charge in [0.2, 0.25) is 0 Å². The normalized spacial score (nSPS) is 10.9. The summed E-state index contributed by atoms with van der Waals surface area (Å²) in [6.07, 6.45) is 3.83. The zero-order valence-corrected chi connectivity index (χ0v) is 15.5. The van der Waals surface area contributed by atoms with Crippen LogP contribution < -0.4 is 9.47 Å². The Morgan fingerprint density at radius 2 is 1.92 bits per heavy atom. The van der Waals surface area contributed by atoms with Crippen LogP contribution in [-0.4, -0.2) is 13.1 Å². The Balaban J connectivity index is 2.26. The van der Waals surface area contributed by atoms with Gasteiger partial charge in [-0.15, -0.1) is 0 Å². The van der Waals surface area contributed by atoms with Crippen LogP contribution in [0, 0.1) is 11.3 Å². The number of hydrogen-bond donors (Lipinski definition) is 0. The molecule has 0 spiro atoms. The summed E-state index contributed by atoms with van der Waals surface area (Å²) in [4.78, 5) is 11.8. The van der Waals surface area contributed by atoms with Gasteiger partial charge in [-0.2, -0.15) is 5.26 Å². The lowest BCUT2D eigenvalue weighted by molar-refractivity contribution is -0.134. The molecule has 0 bridgehead atoms. The lowest BCUT2D eigenvalue weighted by Gasteiger charge is -2.10. The van der Waals surface area contributed by atoms with Crippen molar-refractivity contribution in [2.45, 2.75) is 26.2 Å². The van der Waals surface area contributed by atoms with E-state index in [4.69, 9.17) is 21.1 Å². The Labute approximate surface area is 158 Å². The van der Waals surface area contributed by atoms with Crippen LogP contribution in [0.25, 0.3) is 11.6 Å². The highest BCUT2D eigenvalue weighted by Crippen LogP contribution is 2.30. The van der Waals surface area contributed by atoms with Crippen molar-refractivity contribution in [3.05, 3.63) is 58.6 Å². The van der Waals surface area contributed by atoms with E-state index in [2.05, 4.69) is 6.07 Å². The van der Waals surface area contributed by atoms with E-state index in [1.807, 2.05) is 6.92 Å². The molecular formula is C21H20ClNO3. The van der Waals surface area contributed by atoms with Gasteiger partial charge in [0.1, 0.15) is 0 Å². The number of hydrogen-bond acceptors (Lipinski definition) is 4. The van der Waals surface area contributed by atoms with Crippen molar-refractivity contribution < 1.29 is 14.3 Å². The number of methoxy groups -OCH3 is 1. The number of halogens is 1. The third-order valence-electron chi connectivity index (χ3n) is 3.73. The molecule has 0 amide bonds. The zero-order valence-electron chi connectivity index (χ0n) is 14.8. The standard InChI is InChI=1S/C21H20ClNO3/c1-3-4-5-21(24)26-19-11-6-15(13-20(19)25-2)12-17(14-23)16-7-9-18(22)10-8-16/h6-13H,3-5H2,1-2H3/b17-12+. The van der Waals surface area contributed by atoms with E-state index in [1.165, 1.54) is 7.11 Å². The van der Waals surface area contributed by atoms with Crippen LogP contribution >= 0.6 is 11.6 Å². The van der Waals surface area contributed by atoms with E-state index in [1.54, 1.807) is 48.5 Å². The molecule has 0 saturated carbocycles. The molecule has 0 fully saturated rings. The van der Waals surface area contributed by atoms with Crippen molar-refractivity contribution in [1.29, 1.82) is 5.26 Å². The minimum Gasteiger partial charge on any atom is -0.493 e. The second-order valence-electron chi connectivity index (χ2n) is 5.66. The van der Waals surface area contributed by atoms with E-state index >= 15 is 0 Å². The topological polar surface area (TPSA) is 59.3 Å². The summed E-state index contributed by atoms with van der Waals surface area (Å²) in [5.74, 6) is 0.528. The maximum absolute atomic E-state index is 11.8. The smallest absolute Gasteiger partial charge is 0.311 e. The Hall–Kier alpha value is -2.77. The van der Waals surface area contributed by atoms with Gasteiger partial charge < -0.3 is 9.47 Å². The van der Waals surface area contributed by atoms with Crippen LogP contribution in [-0.2, 0) is 4.79 Å². The Morgan fingerprint density at radius 3 is 2.54 bits per heavy atom. The second-order valence-corrected chi connectivity index (χ2v) is 6.10. The minimum atomic E-state index is -0.285. The van der Waals surface area contributed by atoms with Crippen molar-refractivity contribution in [2.75, 3.05) is 7.11 Å². The van der Waals surface area contributed by atoms with E-state index in [0.29, 0.717) is 28.5 Å². The van der Waals surface area contributed by atoms with Crippen molar-refractivity contribution in [1.82, 2.24) is 0 Å². The summed E-state index contributed by atoms with van der Waals surface area (Å²) in [5, 5.41) is 10.1. The number of nitriles is 1. The van der Waals surface area contributed by atoms with Crippen molar-refractivity contribution in [3.8, 4) is 17.6 Å². The molecule has 5 heteroatoms. The molecule has 0 aliphatic heterocycles. The molecule has 0 radical (unpaired) electrons. The van der Waals surface area contributed by atoms with Crippen LogP contribution in [0.4, 0.5) is 0 Å². The molecule has 0 aliphatic carbocycles. The van der Waals surface area contributed by atoms with E-state index in [0.717, 1.165) is 24.0 Å². The lowest BCUT2D eigenvalue weighted by atomic mass is 10.0. The molecular weight excluding hydrogens is 350 g/mol. The van der Waals surface area contributed by atoms with Gasteiger partial charge in [-0.3, -0.25) is 4.79 Å². The molecule has 0 aliphatic rings. The molecule has 134 valence electrons. The largest absolute Gasteiger partial charge is 0.493 e. The second kappa shape index (κ2) is 9.65. The van der Waals surface area contributed by atoms with E-state index in [9.17, 15) is 10.1 Å². The molecule has 0 unspecified atom stereocenters. The summed E-state index contributed by atoms with van der Waals surface area (Å²) < 4.78 is 10.7. The number of unbranched alkanes of at least 4 members (excludes halogenated alkanes) is 1. The third-order valence-corrected chi connectivity index (χ3v) is 3.98. The molecule has 0 atom stereocenters. The van der Waals surface area contributed by atoms with Crippen molar-refractivity contribution in [3.63, 3.8) is 0 Å². The maximum Gasteiger partial charge on any atom is 0.311 e. The molecule has 2 aromatic rings. The highest BCUT2D eigenvalue weighted by Gasteiger charge is 2.11. The Morgan fingerprint density at radius 1 is 1.19 bits per heavy atom. The first-order valence-electron chi connectivity index (χ1n) is 8.33. The number of carbonyl (C=O) groups is 1. The molecule has 0 saturated heterocycles. The van der Waals surface area contributed by atoms with E-state index in [-0.39, 0.29) is 5.97 Å². The monoisotopic (exact) mass is 369 g/mol. The molecule has 26 heavy (non-hydrogen) atoms. The van der Waals surface area contributed by atoms with Crippen molar-refractivity contribution in [2.24, 2.45) is 0 Å². The Bertz CT molecular complexity index is 835. The molecule has 0 heterocycles. The quantitative estimate of drug-likeness (QED) is 0.279. The van der Waals surface area contributed by atoms with Gasteiger partial charge in [-0.1, -0.05) is 43.1 Å². The van der Waals surface area contributed by atoms with Gasteiger partial charge in [0.15, 0.2) is 11.5 Å². The molecule has 0 aromatic heterocycles. The number of rotatable bonds is 7. The number of benzene rings is 2. The summed E-state index contributed by atoms with van der Waals surface area (Å²) in [5.41, 5.74) is 2.03. The molecule has 2 aromatic carbocycles. The van der Waals surface area contributed by atoms with Gasteiger partial charge in [0, 0.05) is 11.4 Å². The highest BCUT2D eigenvalue weighted by atomic mass is 35.5. The number of carbonyl (C=O) groups excluding carboxylic acids is 1. The number of esters is 1. The summed E-state index contributed by atoms with van der Waals surface area (Å²) in [7, 11) is 1.51. The highest BCUT2D eigenvalue weighted by molar-refractivity contribution is 6.30. The fourth-order valence-corrected chi connectivity index (χ4v) is 2.46. The van der Waals surface area contributed by atoms with Gasteiger partial charge in [-0.05, 0) is 47.9 Å². The Kier molecular flexibility index (Phi) is 7.25. The maximum atomic E-state index is 11.8. The average Bonchev–Trinajstić information content (AvgIpc) is 2.66. The van der Waals surface area contributed by atoms with Gasteiger partial charge >= 0.3 is 5.97 Å². The fraction of sp³-hybridized carbons (Fsp3) is 0.238. The van der Waals surface area contributed by atoms with Gasteiger partial charge in [0.05, 0.1) is 18.8 Å². The predicted molar refractivity (Wildman–Crippen MR) is 103 cm³/mol. The van der Waals surface area contributed by atoms with Gasteiger partial charge in [-0.25, -0.2) is 0 Å². The zero-order chi connectivity index (χ0) is 18.9. The van der Waals surface area contributed by atoms with Crippen LogP contribution in [0.5, 0.6) is 11.5 Å².